The molecule has 3 aromatic rings. The second-order valence-corrected chi connectivity index (χ2v) is 5.88. The molecule has 1 atom stereocenters. The molecule has 4 rings (SSSR count). The van der Waals surface area contributed by atoms with Gasteiger partial charge < -0.3 is 13.8 Å². The molecule has 1 aromatic carbocycles. The van der Waals surface area contributed by atoms with Crippen LogP contribution in [0.15, 0.2) is 64.6 Å². The lowest BCUT2D eigenvalue weighted by atomic mass is 10.1. The van der Waals surface area contributed by atoms with Gasteiger partial charge in [0.25, 0.3) is 0 Å². The fourth-order valence-corrected chi connectivity index (χ4v) is 3.01. The first-order valence-electron chi connectivity index (χ1n) is 8.21. The van der Waals surface area contributed by atoms with Crippen molar-refractivity contribution >= 4 is 5.71 Å². The minimum atomic E-state index is 0.0477. The molecule has 0 fully saturated rings. The Bertz CT molecular complexity index is 835. The highest BCUT2D eigenvalue weighted by atomic mass is 16.6. The maximum atomic E-state index is 5.66. The molecule has 0 bridgehead atoms. The third-order valence-corrected chi connectivity index (χ3v) is 4.24. The maximum Gasteiger partial charge on any atom is 0.152 e. The summed E-state index contributed by atoms with van der Waals surface area (Å²) in [7, 11) is 0. The quantitative estimate of drug-likeness (QED) is 0.701. The van der Waals surface area contributed by atoms with Crippen molar-refractivity contribution in [2.75, 3.05) is 0 Å². The van der Waals surface area contributed by atoms with E-state index in [1.807, 2.05) is 36.7 Å². The van der Waals surface area contributed by atoms with Crippen molar-refractivity contribution in [3.05, 3.63) is 55.1 Å². The molecular weight excluding hydrogens is 302 g/mol. The summed E-state index contributed by atoms with van der Waals surface area (Å²) in [4.78, 5) is 10.2. The minimum Gasteiger partial charge on any atom is -0.463 e. The molecule has 24 heavy (non-hydrogen) atoms. The summed E-state index contributed by atoms with van der Waals surface area (Å²) in [6.45, 7) is 2.80. The van der Waals surface area contributed by atoms with Gasteiger partial charge >= 0.3 is 0 Å². The molecule has 0 unspecified atom stereocenters. The summed E-state index contributed by atoms with van der Waals surface area (Å²) in [5, 5.41) is 4.15. The smallest absolute Gasteiger partial charge is 0.152 e. The molecule has 0 saturated carbocycles. The number of hydrogen-bond donors (Lipinski definition) is 0. The topological polar surface area (TPSA) is 52.5 Å². The third-order valence-electron chi connectivity index (χ3n) is 4.24. The predicted molar refractivity (Wildman–Crippen MR) is 92.6 cm³/mol. The van der Waals surface area contributed by atoms with Crippen molar-refractivity contribution in [1.29, 1.82) is 0 Å². The molecule has 3 heterocycles. The van der Waals surface area contributed by atoms with Crippen LogP contribution in [-0.2, 0) is 11.4 Å². The van der Waals surface area contributed by atoms with E-state index in [1.165, 1.54) is 0 Å². The zero-order chi connectivity index (χ0) is 16.4. The zero-order valence-corrected chi connectivity index (χ0v) is 13.6. The number of rotatable bonds is 5. The maximum absolute atomic E-state index is 5.66. The SMILES string of the molecule is CCC1=NO[C@@H](Cn2cnc(-c3ccccc3)c2-c2ccco2)C1. The number of oxime groups is 1. The Morgan fingerprint density at radius 3 is 2.75 bits per heavy atom. The molecular formula is C19H19N3O2. The highest BCUT2D eigenvalue weighted by Gasteiger charge is 2.24. The van der Waals surface area contributed by atoms with Gasteiger partial charge in [0, 0.05) is 12.0 Å². The molecule has 0 N–H and O–H groups in total. The summed E-state index contributed by atoms with van der Waals surface area (Å²) >= 11 is 0. The summed E-state index contributed by atoms with van der Waals surface area (Å²) < 4.78 is 7.75. The van der Waals surface area contributed by atoms with Gasteiger partial charge in [-0.2, -0.15) is 0 Å². The van der Waals surface area contributed by atoms with Crippen LogP contribution >= 0.6 is 0 Å². The Labute approximate surface area is 140 Å². The van der Waals surface area contributed by atoms with E-state index in [9.17, 15) is 0 Å². The van der Waals surface area contributed by atoms with Crippen LogP contribution in [0.3, 0.4) is 0 Å². The van der Waals surface area contributed by atoms with E-state index in [0.29, 0.717) is 6.54 Å². The normalized spacial score (nSPS) is 16.9. The predicted octanol–water partition coefficient (Wildman–Crippen LogP) is 4.37. The lowest BCUT2D eigenvalue weighted by molar-refractivity contribution is 0.0727. The highest BCUT2D eigenvalue weighted by Crippen LogP contribution is 2.32. The van der Waals surface area contributed by atoms with Crippen molar-refractivity contribution in [2.45, 2.75) is 32.4 Å². The van der Waals surface area contributed by atoms with Gasteiger partial charge in [0.2, 0.25) is 0 Å². The first-order chi connectivity index (χ1) is 11.8. The number of aromatic nitrogens is 2. The van der Waals surface area contributed by atoms with Crippen molar-refractivity contribution in [2.24, 2.45) is 5.16 Å². The van der Waals surface area contributed by atoms with Crippen molar-refractivity contribution in [3.63, 3.8) is 0 Å². The molecule has 5 nitrogen and oxygen atoms in total. The fraction of sp³-hybridized carbons (Fsp3) is 0.263. The standard InChI is InChI=1S/C19H19N3O2/c1-2-15-11-16(24-21-15)12-22-13-20-18(14-7-4-3-5-8-14)19(22)17-9-6-10-23-17/h3-10,13,16H,2,11-12H2,1H3/t16-/m1/s1. The van der Waals surface area contributed by atoms with Gasteiger partial charge in [0.1, 0.15) is 5.69 Å². The number of nitrogens with zero attached hydrogens (tertiary/aromatic N) is 3. The van der Waals surface area contributed by atoms with Gasteiger partial charge in [-0.25, -0.2) is 4.98 Å². The summed E-state index contributed by atoms with van der Waals surface area (Å²) in [6, 6.07) is 14.0. The molecule has 0 amide bonds. The van der Waals surface area contributed by atoms with Crippen LogP contribution in [0.25, 0.3) is 22.7 Å². The Hall–Kier alpha value is -2.82. The molecule has 1 aliphatic heterocycles. The lowest BCUT2D eigenvalue weighted by Crippen LogP contribution is -2.16. The van der Waals surface area contributed by atoms with Crippen molar-refractivity contribution < 1.29 is 9.25 Å². The lowest BCUT2D eigenvalue weighted by Gasteiger charge is -2.12. The van der Waals surface area contributed by atoms with Crippen LogP contribution in [-0.4, -0.2) is 21.4 Å². The molecule has 5 heteroatoms. The molecule has 1 aliphatic rings. The molecule has 122 valence electrons. The van der Waals surface area contributed by atoms with E-state index in [-0.39, 0.29) is 6.10 Å². The molecule has 0 saturated heterocycles. The van der Waals surface area contributed by atoms with Crippen LogP contribution in [0, 0.1) is 0 Å². The largest absolute Gasteiger partial charge is 0.463 e. The number of benzene rings is 1. The van der Waals surface area contributed by atoms with Crippen molar-refractivity contribution in [1.82, 2.24) is 9.55 Å². The molecule has 0 radical (unpaired) electrons. The second kappa shape index (κ2) is 6.35. The van der Waals surface area contributed by atoms with Crippen LogP contribution in [0.5, 0.6) is 0 Å². The average molecular weight is 321 g/mol. The van der Waals surface area contributed by atoms with Gasteiger partial charge in [-0.05, 0) is 18.6 Å². The van der Waals surface area contributed by atoms with Gasteiger partial charge in [0.05, 0.1) is 30.5 Å². The summed E-state index contributed by atoms with van der Waals surface area (Å²) in [5.74, 6) is 0.806. The number of imidazole rings is 1. The van der Waals surface area contributed by atoms with Gasteiger partial charge in [-0.15, -0.1) is 0 Å². The average Bonchev–Trinajstić information content (AvgIpc) is 3.36. The Morgan fingerprint density at radius 1 is 1.17 bits per heavy atom. The molecule has 0 spiro atoms. The van der Waals surface area contributed by atoms with Gasteiger partial charge in [0.15, 0.2) is 11.9 Å². The molecule has 0 aliphatic carbocycles. The Kier molecular flexibility index (Phi) is 3.91. The third kappa shape index (κ3) is 2.73. The monoisotopic (exact) mass is 321 g/mol. The first-order valence-corrected chi connectivity index (χ1v) is 8.21. The van der Waals surface area contributed by atoms with Crippen LogP contribution in [0.4, 0.5) is 0 Å². The Balaban J connectivity index is 1.69. The van der Waals surface area contributed by atoms with E-state index in [4.69, 9.17) is 9.25 Å². The van der Waals surface area contributed by atoms with Crippen LogP contribution < -0.4 is 0 Å². The minimum absolute atomic E-state index is 0.0477. The van der Waals surface area contributed by atoms with Gasteiger partial charge in [-0.3, -0.25) is 0 Å². The summed E-state index contributed by atoms with van der Waals surface area (Å²) in [6.07, 6.45) is 5.39. The number of hydrogen-bond acceptors (Lipinski definition) is 4. The second-order valence-electron chi connectivity index (χ2n) is 5.88. The highest BCUT2D eigenvalue weighted by molar-refractivity contribution is 5.85. The Morgan fingerprint density at radius 2 is 2.04 bits per heavy atom. The van der Waals surface area contributed by atoms with E-state index in [0.717, 1.165) is 41.3 Å². The van der Waals surface area contributed by atoms with Gasteiger partial charge in [-0.1, -0.05) is 42.4 Å². The summed E-state index contributed by atoms with van der Waals surface area (Å²) in [5.41, 5.74) is 4.07. The zero-order valence-electron chi connectivity index (χ0n) is 13.6. The number of furan rings is 1. The van der Waals surface area contributed by atoms with Crippen LogP contribution in [0.1, 0.15) is 19.8 Å². The van der Waals surface area contributed by atoms with E-state index < -0.39 is 0 Å². The van der Waals surface area contributed by atoms with Crippen LogP contribution in [0.2, 0.25) is 0 Å². The molecule has 2 aromatic heterocycles. The van der Waals surface area contributed by atoms with E-state index in [1.54, 1.807) is 6.26 Å². The van der Waals surface area contributed by atoms with E-state index >= 15 is 0 Å². The van der Waals surface area contributed by atoms with Crippen molar-refractivity contribution in [3.8, 4) is 22.7 Å². The van der Waals surface area contributed by atoms with E-state index in [2.05, 4.69) is 33.8 Å². The first kappa shape index (κ1) is 14.8. The fourth-order valence-electron chi connectivity index (χ4n) is 3.01.